The van der Waals surface area contributed by atoms with Gasteiger partial charge in [-0.3, -0.25) is 9.78 Å². The van der Waals surface area contributed by atoms with Gasteiger partial charge in [-0.15, -0.1) is 0 Å². The van der Waals surface area contributed by atoms with Gasteiger partial charge >= 0.3 is 0 Å². The molecule has 3 aliphatic rings. The summed E-state index contributed by atoms with van der Waals surface area (Å²) < 4.78 is 13.9. The zero-order valence-corrected chi connectivity index (χ0v) is 14.9. The fourth-order valence-electron chi connectivity index (χ4n) is 4.58. The van der Waals surface area contributed by atoms with Crippen LogP contribution in [0.15, 0.2) is 24.3 Å². The van der Waals surface area contributed by atoms with Crippen molar-refractivity contribution in [3.05, 3.63) is 41.3 Å². The molecule has 136 valence electrons. The average molecular weight is 353 g/mol. The lowest BCUT2D eigenvalue weighted by molar-refractivity contribution is 0.0760. The van der Waals surface area contributed by atoms with Crippen molar-refractivity contribution in [1.82, 2.24) is 15.2 Å². The molecule has 1 aromatic heterocycles. The van der Waals surface area contributed by atoms with Crippen LogP contribution in [-0.2, 0) is 0 Å². The Balaban J connectivity index is 1.50. The minimum absolute atomic E-state index is 0.0397. The molecule has 0 bridgehead atoms. The molecule has 2 aromatic rings. The second kappa shape index (κ2) is 6.31. The van der Waals surface area contributed by atoms with E-state index in [-0.39, 0.29) is 11.7 Å². The first-order valence-electron chi connectivity index (χ1n) is 9.79. The van der Waals surface area contributed by atoms with Crippen LogP contribution in [0.1, 0.15) is 47.7 Å². The quantitative estimate of drug-likeness (QED) is 0.901. The fourth-order valence-corrected chi connectivity index (χ4v) is 4.58. The number of fused-ring (bicyclic) bond motifs is 2. The lowest BCUT2D eigenvalue weighted by Gasteiger charge is -2.22. The van der Waals surface area contributed by atoms with E-state index in [1.807, 2.05) is 11.0 Å². The highest BCUT2D eigenvalue weighted by Crippen LogP contribution is 2.40. The number of hydrogen-bond donors (Lipinski definition) is 1. The molecule has 1 saturated carbocycles. The Labute approximate surface area is 152 Å². The number of hydrogen-bond acceptors (Lipinski definition) is 3. The van der Waals surface area contributed by atoms with Crippen LogP contribution in [0, 0.1) is 17.7 Å². The first-order chi connectivity index (χ1) is 12.7. The van der Waals surface area contributed by atoms with E-state index in [4.69, 9.17) is 0 Å². The Morgan fingerprint density at radius 2 is 1.81 bits per heavy atom. The van der Waals surface area contributed by atoms with Gasteiger partial charge in [-0.2, -0.15) is 0 Å². The van der Waals surface area contributed by atoms with Gasteiger partial charge in [0, 0.05) is 30.1 Å². The van der Waals surface area contributed by atoms with Crippen molar-refractivity contribution in [2.45, 2.75) is 31.6 Å². The van der Waals surface area contributed by atoms with E-state index in [0.717, 1.165) is 63.1 Å². The summed E-state index contributed by atoms with van der Waals surface area (Å²) in [5.41, 5.74) is 2.35. The third-order valence-corrected chi connectivity index (χ3v) is 6.32. The number of rotatable bonds is 2. The van der Waals surface area contributed by atoms with E-state index in [9.17, 15) is 9.18 Å². The molecule has 3 fully saturated rings. The molecule has 1 N–H and O–H groups in total. The van der Waals surface area contributed by atoms with Crippen LogP contribution in [0.4, 0.5) is 4.39 Å². The Kier molecular flexibility index (Phi) is 3.92. The minimum atomic E-state index is -0.316. The summed E-state index contributed by atoms with van der Waals surface area (Å²) in [6.45, 7) is 3.73. The van der Waals surface area contributed by atoms with E-state index in [2.05, 4.69) is 10.3 Å². The highest BCUT2D eigenvalue weighted by Gasteiger charge is 2.33. The van der Waals surface area contributed by atoms with E-state index in [1.165, 1.54) is 12.1 Å². The normalized spacial score (nSPS) is 26.0. The van der Waals surface area contributed by atoms with Crippen molar-refractivity contribution in [2.24, 2.45) is 11.8 Å². The number of nitrogens with one attached hydrogen (secondary N) is 1. The van der Waals surface area contributed by atoms with E-state index in [0.29, 0.717) is 28.7 Å². The van der Waals surface area contributed by atoms with E-state index < -0.39 is 0 Å². The third-order valence-electron chi connectivity index (χ3n) is 6.32. The lowest BCUT2D eigenvalue weighted by atomic mass is 9.92. The maximum atomic E-state index is 13.9. The molecule has 1 amide bonds. The Hall–Kier alpha value is -2.01. The van der Waals surface area contributed by atoms with Gasteiger partial charge in [-0.1, -0.05) is 0 Å². The number of nitrogens with zero attached hydrogens (tertiary/aromatic N) is 2. The van der Waals surface area contributed by atoms with Gasteiger partial charge in [0.25, 0.3) is 5.91 Å². The number of amides is 1. The van der Waals surface area contributed by atoms with Crippen LogP contribution in [0.25, 0.3) is 10.9 Å². The SMILES string of the molecule is O=C(c1cc(C2CC2)nc2ccc(F)cc12)N1CC[C@@H]2CNC[C@@H]2CC1. The van der Waals surface area contributed by atoms with Crippen LogP contribution >= 0.6 is 0 Å². The monoisotopic (exact) mass is 353 g/mol. The maximum absolute atomic E-state index is 13.9. The molecular weight excluding hydrogens is 329 g/mol. The zero-order chi connectivity index (χ0) is 17.7. The van der Waals surface area contributed by atoms with Crippen molar-refractivity contribution < 1.29 is 9.18 Å². The number of halogens is 1. The third kappa shape index (κ3) is 2.88. The summed E-state index contributed by atoms with van der Waals surface area (Å²) in [5.74, 6) is 1.55. The van der Waals surface area contributed by atoms with Crippen LogP contribution < -0.4 is 5.32 Å². The molecule has 2 aliphatic heterocycles. The van der Waals surface area contributed by atoms with Gasteiger partial charge in [0.15, 0.2) is 0 Å². The Bertz CT molecular complexity index is 850. The Morgan fingerprint density at radius 1 is 1.08 bits per heavy atom. The summed E-state index contributed by atoms with van der Waals surface area (Å²) in [6, 6.07) is 6.52. The average Bonchev–Trinajstić information content (AvgIpc) is 3.44. The van der Waals surface area contributed by atoms with Gasteiger partial charge in [-0.05, 0) is 74.9 Å². The van der Waals surface area contributed by atoms with Gasteiger partial charge in [0.05, 0.1) is 11.1 Å². The highest BCUT2D eigenvalue weighted by molar-refractivity contribution is 6.06. The molecule has 4 nitrogen and oxygen atoms in total. The molecule has 3 heterocycles. The number of carbonyl (C=O) groups excluding carboxylic acids is 1. The largest absolute Gasteiger partial charge is 0.339 e. The molecule has 2 atom stereocenters. The molecule has 1 aliphatic carbocycles. The zero-order valence-electron chi connectivity index (χ0n) is 14.9. The first kappa shape index (κ1) is 16.2. The second-order valence-electron chi connectivity index (χ2n) is 8.08. The van der Waals surface area contributed by atoms with E-state index >= 15 is 0 Å². The molecule has 0 radical (unpaired) electrons. The van der Waals surface area contributed by atoms with Crippen molar-refractivity contribution >= 4 is 16.8 Å². The van der Waals surface area contributed by atoms with Gasteiger partial charge in [0.1, 0.15) is 5.82 Å². The fraction of sp³-hybridized carbons (Fsp3) is 0.524. The van der Waals surface area contributed by atoms with Crippen molar-refractivity contribution in [1.29, 1.82) is 0 Å². The maximum Gasteiger partial charge on any atom is 0.254 e. The molecule has 5 rings (SSSR count). The van der Waals surface area contributed by atoms with Crippen LogP contribution in [0.2, 0.25) is 0 Å². The molecule has 5 heteroatoms. The summed E-state index contributed by atoms with van der Waals surface area (Å²) in [7, 11) is 0. The van der Waals surface area contributed by atoms with Crippen molar-refractivity contribution in [3.63, 3.8) is 0 Å². The number of benzene rings is 1. The van der Waals surface area contributed by atoms with Crippen molar-refractivity contribution in [2.75, 3.05) is 26.2 Å². The molecule has 26 heavy (non-hydrogen) atoms. The Morgan fingerprint density at radius 3 is 2.50 bits per heavy atom. The number of aromatic nitrogens is 1. The topological polar surface area (TPSA) is 45.2 Å². The molecular formula is C21H24FN3O. The van der Waals surface area contributed by atoms with Gasteiger partial charge < -0.3 is 10.2 Å². The first-order valence-corrected chi connectivity index (χ1v) is 9.79. The summed E-state index contributed by atoms with van der Waals surface area (Å²) in [6.07, 6.45) is 4.37. The predicted octanol–water partition coefficient (Wildman–Crippen LogP) is 3.32. The lowest BCUT2D eigenvalue weighted by Crippen LogP contribution is -2.33. The van der Waals surface area contributed by atoms with Gasteiger partial charge in [-0.25, -0.2) is 4.39 Å². The molecule has 0 unspecified atom stereocenters. The number of carbonyl (C=O) groups is 1. The number of pyridine rings is 1. The van der Waals surface area contributed by atoms with E-state index in [1.54, 1.807) is 6.07 Å². The standard InChI is InChI=1S/C21H24FN3O/c22-16-3-4-19-17(9-16)18(10-20(24-19)13-1-2-13)21(26)25-7-5-14-11-23-12-15(14)6-8-25/h3-4,9-10,13-15,23H,1-2,5-8,11-12H2/t14-,15+. The summed E-state index contributed by atoms with van der Waals surface area (Å²) in [4.78, 5) is 20.0. The number of likely N-dealkylation sites (tertiary alicyclic amines) is 1. The minimum Gasteiger partial charge on any atom is -0.339 e. The highest BCUT2D eigenvalue weighted by atomic mass is 19.1. The predicted molar refractivity (Wildman–Crippen MR) is 98.7 cm³/mol. The van der Waals surface area contributed by atoms with Crippen LogP contribution in [-0.4, -0.2) is 42.0 Å². The molecule has 2 saturated heterocycles. The molecule has 1 aromatic carbocycles. The summed E-state index contributed by atoms with van der Waals surface area (Å²) in [5, 5.41) is 4.12. The van der Waals surface area contributed by atoms with Gasteiger partial charge in [0.2, 0.25) is 0 Å². The smallest absolute Gasteiger partial charge is 0.254 e. The van der Waals surface area contributed by atoms with Crippen LogP contribution in [0.3, 0.4) is 0 Å². The van der Waals surface area contributed by atoms with Crippen molar-refractivity contribution in [3.8, 4) is 0 Å². The molecule has 0 spiro atoms. The summed E-state index contributed by atoms with van der Waals surface area (Å²) >= 11 is 0. The van der Waals surface area contributed by atoms with Crippen LogP contribution in [0.5, 0.6) is 0 Å². The second-order valence-corrected chi connectivity index (χ2v) is 8.08.